The normalized spacial score (nSPS) is 17.7. The van der Waals surface area contributed by atoms with E-state index in [0.29, 0.717) is 0 Å². The second-order valence-electron chi connectivity index (χ2n) is 7.27. The van der Waals surface area contributed by atoms with Gasteiger partial charge in [0.15, 0.2) is 0 Å². The van der Waals surface area contributed by atoms with Gasteiger partial charge in [0.25, 0.3) is 0 Å². The van der Waals surface area contributed by atoms with Crippen molar-refractivity contribution in [2.75, 3.05) is 6.54 Å². The summed E-state index contributed by atoms with van der Waals surface area (Å²) in [5, 5.41) is 13.7. The zero-order chi connectivity index (χ0) is 17.7. The zero-order valence-electron chi connectivity index (χ0n) is 14.9. The Bertz CT molecular complexity index is 686. The molecular weight excluding hydrogens is 310 g/mol. The minimum Gasteiger partial charge on any atom is -0.384 e. The molecular formula is C22H27NO2. The van der Waals surface area contributed by atoms with Crippen molar-refractivity contribution in [3.63, 3.8) is 0 Å². The molecule has 0 aromatic heterocycles. The van der Waals surface area contributed by atoms with Gasteiger partial charge in [-0.15, -0.1) is 0 Å². The third-order valence-corrected chi connectivity index (χ3v) is 5.20. The van der Waals surface area contributed by atoms with Crippen LogP contribution in [0.1, 0.15) is 44.6 Å². The molecule has 2 aromatic rings. The number of amides is 1. The summed E-state index contributed by atoms with van der Waals surface area (Å²) < 4.78 is 0. The second-order valence-corrected chi connectivity index (χ2v) is 7.27. The number of benzene rings is 2. The Labute approximate surface area is 150 Å². The van der Waals surface area contributed by atoms with Crippen molar-refractivity contribution in [1.82, 2.24) is 5.32 Å². The van der Waals surface area contributed by atoms with Crippen LogP contribution in [-0.4, -0.2) is 17.6 Å². The number of carbonyl (C=O) groups excluding carboxylic acids is 1. The Morgan fingerprint density at radius 1 is 1.00 bits per heavy atom. The summed E-state index contributed by atoms with van der Waals surface area (Å²) in [5.41, 5.74) is 2.02. The van der Waals surface area contributed by atoms with Crippen molar-refractivity contribution < 1.29 is 9.90 Å². The summed E-state index contributed by atoms with van der Waals surface area (Å²) in [6.45, 7) is 2.00. The van der Waals surface area contributed by atoms with Crippen molar-refractivity contribution in [2.24, 2.45) is 5.92 Å². The highest BCUT2D eigenvalue weighted by atomic mass is 16.3. The van der Waals surface area contributed by atoms with Gasteiger partial charge in [-0.25, -0.2) is 0 Å². The maximum atomic E-state index is 12.3. The number of aliphatic hydroxyl groups is 1. The molecule has 0 radical (unpaired) electrons. The fourth-order valence-electron chi connectivity index (χ4n) is 3.52. The highest BCUT2D eigenvalue weighted by molar-refractivity contribution is 5.78. The maximum Gasteiger partial charge on any atom is 0.223 e. The molecule has 132 valence electrons. The highest BCUT2D eigenvalue weighted by Gasteiger charge is 2.26. The van der Waals surface area contributed by atoms with Crippen LogP contribution >= 0.6 is 0 Å². The van der Waals surface area contributed by atoms with Crippen LogP contribution in [0.25, 0.3) is 11.1 Å². The Kier molecular flexibility index (Phi) is 5.54. The summed E-state index contributed by atoms with van der Waals surface area (Å²) in [6.07, 6.45) is 5.44. The zero-order valence-corrected chi connectivity index (χ0v) is 14.9. The number of nitrogens with one attached hydrogen (secondary N) is 1. The molecule has 3 heteroatoms. The summed E-state index contributed by atoms with van der Waals surface area (Å²) in [6, 6.07) is 18.1. The average Bonchev–Trinajstić information content (AvgIpc) is 2.68. The predicted molar refractivity (Wildman–Crippen MR) is 101 cm³/mol. The molecule has 1 aliphatic carbocycles. The van der Waals surface area contributed by atoms with Crippen molar-refractivity contribution >= 4 is 5.91 Å². The van der Waals surface area contributed by atoms with E-state index in [0.717, 1.165) is 42.4 Å². The minimum atomic E-state index is -1.07. The standard InChI is InChI=1S/C22H27NO2/c1-22(25,16-23-21(24)19-10-6-3-7-11-19)20-14-12-18(13-15-20)17-8-4-2-5-9-17/h2,4-5,8-9,12-15,19,25H,3,6-7,10-11,16H2,1H3,(H,23,24). The minimum absolute atomic E-state index is 0.0841. The van der Waals surface area contributed by atoms with Crippen LogP contribution in [0.2, 0.25) is 0 Å². The lowest BCUT2D eigenvalue weighted by Crippen LogP contribution is -2.41. The molecule has 2 N–H and O–H groups in total. The Morgan fingerprint density at radius 2 is 1.60 bits per heavy atom. The smallest absolute Gasteiger partial charge is 0.223 e. The molecule has 1 amide bonds. The molecule has 1 saturated carbocycles. The number of carbonyl (C=O) groups is 1. The topological polar surface area (TPSA) is 49.3 Å². The van der Waals surface area contributed by atoms with Crippen molar-refractivity contribution in [2.45, 2.75) is 44.6 Å². The predicted octanol–water partition coefficient (Wildman–Crippen LogP) is 4.26. The molecule has 0 heterocycles. The molecule has 1 unspecified atom stereocenters. The molecule has 0 aliphatic heterocycles. The molecule has 1 aliphatic rings. The summed E-state index contributed by atoms with van der Waals surface area (Å²) in [7, 11) is 0. The van der Waals surface area contributed by atoms with Crippen molar-refractivity contribution in [1.29, 1.82) is 0 Å². The summed E-state index contributed by atoms with van der Waals surface area (Å²) >= 11 is 0. The molecule has 1 atom stereocenters. The van der Waals surface area contributed by atoms with Gasteiger partial charge < -0.3 is 10.4 Å². The third-order valence-electron chi connectivity index (χ3n) is 5.20. The number of rotatable bonds is 5. The van der Waals surface area contributed by atoms with Gasteiger partial charge in [-0.2, -0.15) is 0 Å². The molecule has 25 heavy (non-hydrogen) atoms. The summed E-state index contributed by atoms with van der Waals surface area (Å²) in [5.74, 6) is 0.200. The molecule has 3 rings (SSSR count). The van der Waals surface area contributed by atoms with E-state index < -0.39 is 5.60 Å². The lowest BCUT2D eigenvalue weighted by atomic mass is 9.88. The van der Waals surface area contributed by atoms with Gasteiger partial charge in [-0.1, -0.05) is 73.9 Å². The van der Waals surface area contributed by atoms with Gasteiger partial charge in [0.05, 0.1) is 6.54 Å². The van der Waals surface area contributed by atoms with Crippen LogP contribution in [0.4, 0.5) is 0 Å². The van der Waals surface area contributed by atoms with E-state index in [4.69, 9.17) is 0 Å². The Balaban J connectivity index is 1.62. The lowest BCUT2D eigenvalue weighted by Gasteiger charge is -2.27. The van der Waals surface area contributed by atoms with E-state index in [2.05, 4.69) is 17.4 Å². The van der Waals surface area contributed by atoms with Crippen LogP contribution in [0.15, 0.2) is 54.6 Å². The van der Waals surface area contributed by atoms with Crippen LogP contribution in [0, 0.1) is 5.92 Å². The first-order valence-corrected chi connectivity index (χ1v) is 9.22. The third kappa shape index (κ3) is 4.49. The van der Waals surface area contributed by atoms with E-state index in [-0.39, 0.29) is 18.4 Å². The van der Waals surface area contributed by atoms with E-state index in [1.54, 1.807) is 6.92 Å². The van der Waals surface area contributed by atoms with Gasteiger partial charge in [-0.05, 0) is 36.5 Å². The molecule has 2 aromatic carbocycles. The molecule has 0 spiro atoms. The maximum absolute atomic E-state index is 12.3. The van der Waals surface area contributed by atoms with E-state index in [1.165, 1.54) is 6.42 Å². The molecule has 1 fully saturated rings. The van der Waals surface area contributed by atoms with Crippen LogP contribution in [0.5, 0.6) is 0 Å². The van der Waals surface area contributed by atoms with Crippen LogP contribution in [-0.2, 0) is 10.4 Å². The SMILES string of the molecule is CC(O)(CNC(=O)C1CCCCC1)c1ccc(-c2ccccc2)cc1. The van der Waals surface area contributed by atoms with E-state index >= 15 is 0 Å². The molecule has 0 saturated heterocycles. The fourth-order valence-corrected chi connectivity index (χ4v) is 3.52. The van der Waals surface area contributed by atoms with Crippen LogP contribution in [0.3, 0.4) is 0 Å². The van der Waals surface area contributed by atoms with Gasteiger partial charge >= 0.3 is 0 Å². The number of hydrogen-bond donors (Lipinski definition) is 2. The Hall–Kier alpha value is -2.13. The lowest BCUT2D eigenvalue weighted by molar-refractivity contribution is -0.127. The summed E-state index contributed by atoms with van der Waals surface area (Å²) in [4.78, 5) is 12.3. The van der Waals surface area contributed by atoms with Gasteiger partial charge in [0.2, 0.25) is 5.91 Å². The first-order chi connectivity index (χ1) is 12.1. The van der Waals surface area contributed by atoms with Gasteiger partial charge in [0.1, 0.15) is 5.60 Å². The fraction of sp³-hybridized carbons (Fsp3) is 0.409. The average molecular weight is 337 g/mol. The van der Waals surface area contributed by atoms with Gasteiger partial charge in [-0.3, -0.25) is 4.79 Å². The quantitative estimate of drug-likeness (QED) is 0.856. The second kappa shape index (κ2) is 7.83. The highest BCUT2D eigenvalue weighted by Crippen LogP contribution is 2.26. The first kappa shape index (κ1) is 17.7. The monoisotopic (exact) mass is 337 g/mol. The first-order valence-electron chi connectivity index (χ1n) is 9.22. The van der Waals surface area contributed by atoms with E-state index in [9.17, 15) is 9.90 Å². The number of hydrogen-bond acceptors (Lipinski definition) is 2. The Morgan fingerprint density at radius 3 is 2.24 bits per heavy atom. The van der Waals surface area contributed by atoms with Crippen LogP contribution < -0.4 is 5.32 Å². The van der Waals surface area contributed by atoms with E-state index in [1.807, 2.05) is 42.5 Å². The van der Waals surface area contributed by atoms with Crippen molar-refractivity contribution in [3.05, 3.63) is 60.2 Å². The van der Waals surface area contributed by atoms with Crippen molar-refractivity contribution in [3.8, 4) is 11.1 Å². The largest absolute Gasteiger partial charge is 0.384 e. The molecule has 3 nitrogen and oxygen atoms in total. The molecule has 0 bridgehead atoms. The van der Waals surface area contributed by atoms with Gasteiger partial charge in [0, 0.05) is 5.92 Å².